The van der Waals surface area contributed by atoms with Gasteiger partial charge in [0.15, 0.2) is 0 Å². The molecule has 0 spiro atoms. The molecule has 0 saturated carbocycles. The molecule has 0 unspecified atom stereocenters. The second kappa shape index (κ2) is 8.82. The van der Waals surface area contributed by atoms with Gasteiger partial charge in [0.2, 0.25) is 5.91 Å². The number of nitrogens with zero attached hydrogens (tertiary/aromatic N) is 1. The zero-order chi connectivity index (χ0) is 17.4. The molecule has 0 aliphatic carbocycles. The number of nitrogens with one attached hydrogen (secondary N) is 1. The Labute approximate surface area is 132 Å². The predicted molar refractivity (Wildman–Crippen MR) is 77.8 cm³/mol. The van der Waals surface area contributed by atoms with Gasteiger partial charge in [0.25, 0.3) is 5.91 Å². The molecule has 0 heterocycles. The smallest absolute Gasteiger partial charge is 0.305 e. The highest BCUT2D eigenvalue weighted by Gasteiger charge is 2.13. The Bertz CT molecular complexity index is 593. The summed E-state index contributed by atoms with van der Waals surface area (Å²) in [6.45, 7) is 0.259. The third-order valence-electron chi connectivity index (χ3n) is 3.12. The Kier molecular flexibility index (Phi) is 7.11. The first kappa shape index (κ1) is 18.5. The van der Waals surface area contributed by atoms with Crippen molar-refractivity contribution in [1.29, 1.82) is 0 Å². The number of benzene rings is 1. The lowest BCUT2D eigenvalue weighted by Crippen LogP contribution is -2.30. The number of hydrogen-bond donors (Lipinski definition) is 2. The molecule has 0 aliphatic heterocycles. The number of carboxylic acids is 1. The number of hydrogen-bond acceptors (Lipinski definition) is 3. The lowest BCUT2D eigenvalue weighted by atomic mass is 10.2. The van der Waals surface area contributed by atoms with Crippen molar-refractivity contribution in [3.63, 3.8) is 0 Å². The van der Waals surface area contributed by atoms with E-state index in [1.54, 1.807) is 0 Å². The summed E-state index contributed by atoms with van der Waals surface area (Å²) >= 11 is 0. The highest BCUT2D eigenvalue weighted by atomic mass is 19.1. The molecule has 8 heteroatoms. The van der Waals surface area contributed by atoms with E-state index in [4.69, 9.17) is 5.11 Å². The van der Waals surface area contributed by atoms with E-state index < -0.39 is 23.5 Å². The zero-order valence-corrected chi connectivity index (χ0v) is 12.6. The summed E-state index contributed by atoms with van der Waals surface area (Å²) in [6.07, 6.45) is 0.315. The van der Waals surface area contributed by atoms with Crippen LogP contribution in [0.25, 0.3) is 0 Å². The number of aliphatic carboxylic acids is 1. The molecule has 0 aromatic heterocycles. The molecule has 0 radical (unpaired) electrons. The van der Waals surface area contributed by atoms with E-state index in [2.05, 4.69) is 5.32 Å². The molecule has 0 atom stereocenters. The minimum atomic E-state index is -0.988. The van der Waals surface area contributed by atoms with Gasteiger partial charge in [0, 0.05) is 32.6 Å². The van der Waals surface area contributed by atoms with Crippen LogP contribution in [0, 0.1) is 11.6 Å². The van der Waals surface area contributed by atoms with Gasteiger partial charge < -0.3 is 15.3 Å². The van der Waals surface area contributed by atoms with Gasteiger partial charge in [-0.25, -0.2) is 8.78 Å². The number of carbonyl (C=O) groups is 3. The molecule has 23 heavy (non-hydrogen) atoms. The highest BCUT2D eigenvalue weighted by molar-refractivity contribution is 5.94. The van der Waals surface area contributed by atoms with Gasteiger partial charge in [-0.15, -0.1) is 0 Å². The van der Waals surface area contributed by atoms with Gasteiger partial charge in [-0.3, -0.25) is 14.4 Å². The largest absolute Gasteiger partial charge is 0.481 e. The second-order valence-corrected chi connectivity index (χ2v) is 4.94. The number of carbonyl (C=O) groups excluding carboxylic acids is 2. The Morgan fingerprint density at radius 3 is 2.52 bits per heavy atom. The van der Waals surface area contributed by atoms with Gasteiger partial charge in [-0.05, 0) is 18.6 Å². The van der Waals surface area contributed by atoms with E-state index in [9.17, 15) is 23.2 Å². The van der Waals surface area contributed by atoms with Gasteiger partial charge in [0.05, 0.1) is 12.0 Å². The van der Waals surface area contributed by atoms with Gasteiger partial charge in [-0.1, -0.05) is 0 Å². The summed E-state index contributed by atoms with van der Waals surface area (Å²) in [7, 11) is 1.50. The summed E-state index contributed by atoms with van der Waals surface area (Å²) in [4.78, 5) is 35.1. The fourth-order valence-corrected chi connectivity index (χ4v) is 1.79. The minimum absolute atomic E-state index is 0.112. The van der Waals surface area contributed by atoms with Crippen molar-refractivity contribution in [2.24, 2.45) is 0 Å². The molecular weight excluding hydrogens is 310 g/mol. The standard InChI is InChI=1S/C15H18F2N2O4/c1-19(8-6-14(21)22)13(20)3-2-7-18-15(23)11-5-4-10(16)9-12(11)17/h4-5,9H,2-3,6-8H2,1H3,(H,18,23)(H,21,22). The highest BCUT2D eigenvalue weighted by Crippen LogP contribution is 2.09. The Balaban J connectivity index is 2.32. The van der Waals surface area contributed by atoms with Crippen molar-refractivity contribution in [3.05, 3.63) is 35.4 Å². The molecule has 2 N–H and O–H groups in total. The Morgan fingerprint density at radius 1 is 1.22 bits per heavy atom. The van der Waals surface area contributed by atoms with Crippen molar-refractivity contribution < 1.29 is 28.3 Å². The van der Waals surface area contributed by atoms with Crippen LogP contribution in [0.2, 0.25) is 0 Å². The van der Waals surface area contributed by atoms with Gasteiger partial charge >= 0.3 is 5.97 Å². The van der Waals surface area contributed by atoms with Crippen LogP contribution >= 0.6 is 0 Å². The fourth-order valence-electron chi connectivity index (χ4n) is 1.79. The molecule has 126 valence electrons. The molecule has 2 amide bonds. The summed E-state index contributed by atoms with van der Waals surface area (Å²) in [6, 6.07) is 2.65. The topological polar surface area (TPSA) is 86.7 Å². The molecule has 6 nitrogen and oxygen atoms in total. The summed E-state index contributed by atoms with van der Waals surface area (Å²) in [5.74, 6) is -3.64. The normalized spacial score (nSPS) is 10.2. The van der Waals surface area contributed by atoms with Crippen LogP contribution < -0.4 is 5.32 Å². The van der Waals surface area contributed by atoms with Gasteiger partial charge in [-0.2, -0.15) is 0 Å². The SMILES string of the molecule is CN(CCC(=O)O)C(=O)CCCNC(=O)c1ccc(F)cc1F. The second-order valence-electron chi connectivity index (χ2n) is 4.94. The van der Waals surface area contributed by atoms with E-state index in [1.165, 1.54) is 11.9 Å². The first-order valence-corrected chi connectivity index (χ1v) is 7.00. The van der Waals surface area contributed by atoms with Crippen LogP contribution in [-0.2, 0) is 9.59 Å². The van der Waals surface area contributed by atoms with Crippen LogP contribution in [0.5, 0.6) is 0 Å². The summed E-state index contributed by atoms with van der Waals surface area (Å²) in [5.41, 5.74) is -0.267. The van der Waals surface area contributed by atoms with Gasteiger partial charge in [0.1, 0.15) is 11.6 Å². The fraction of sp³-hybridized carbons (Fsp3) is 0.400. The molecule has 0 saturated heterocycles. The predicted octanol–water partition coefficient (Wildman–Crippen LogP) is 1.41. The molecule has 0 bridgehead atoms. The maximum absolute atomic E-state index is 13.4. The van der Waals surface area contributed by atoms with Crippen LogP contribution in [0.3, 0.4) is 0 Å². The maximum Gasteiger partial charge on any atom is 0.305 e. The summed E-state index contributed by atoms with van der Waals surface area (Å²) < 4.78 is 26.1. The van der Waals surface area contributed by atoms with Crippen molar-refractivity contribution in [2.45, 2.75) is 19.3 Å². The molecule has 1 rings (SSSR count). The zero-order valence-electron chi connectivity index (χ0n) is 12.6. The lowest BCUT2D eigenvalue weighted by molar-refractivity contribution is -0.138. The van der Waals surface area contributed by atoms with E-state index in [1.807, 2.05) is 0 Å². The van der Waals surface area contributed by atoms with Crippen LogP contribution in [-0.4, -0.2) is 47.9 Å². The van der Waals surface area contributed by atoms with E-state index in [0.717, 1.165) is 12.1 Å². The third kappa shape index (κ3) is 6.41. The number of rotatable bonds is 8. The first-order valence-electron chi connectivity index (χ1n) is 7.00. The van der Waals surface area contributed by atoms with E-state index in [0.29, 0.717) is 12.5 Å². The van der Waals surface area contributed by atoms with Crippen molar-refractivity contribution in [2.75, 3.05) is 20.1 Å². The Morgan fingerprint density at radius 2 is 1.91 bits per heavy atom. The van der Waals surface area contributed by atoms with E-state index in [-0.39, 0.29) is 37.4 Å². The minimum Gasteiger partial charge on any atom is -0.481 e. The number of halogens is 2. The van der Waals surface area contributed by atoms with Crippen LogP contribution in [0.4, 0.5) is 8.78 Å². The van der Waals surface area contributed by atoms with Crippen molar-refractivity contribution in [1.82, 2.24) is 10.2 Å². The van der Waals surface area contributed by atoms with Crippen LogP contribution in [0.15, 0.2) is 18.2 Å². The van der Waals surface area contributed by atoms with Crippen molar-refractivity contribution >= 4 is 17.8 Å². The Hall–Kier alpha value is -2.51. The average molecular weight is 328 g/mol. The lowest BCUT2D eigenvalue weighted by Gasteiger charge is -2.15. The quantitative estimate of drug-likeness (QED) is 0.707. The molecule has 0 aliphatic rings. The third-order valence-corrected chi connectivity index (χ3v) is 3.12. The number of carboxylic acid groups (broad SMARTS) is 1. The number of amides is 2. The van der Waals surface area contributed by atoms with Crippen LogP contribution in [0.1, 0.15) is 29.6 Å². The average Bonchev–Trinajstić information content (AvgIpc) is 2.48. The summed E-state index contributed by atoms with van der Waals surface area (Å²) in [5, 5.41) is 11.0. The molecule has 0 fully saturated rings. The first-order chi connectivity index (χ1) is 10.8. The van der Waals surface area contributed by atoms with E-state index >= 15 is 0 Å². The molecule has 1 aromatic rings. The monoisotopic (exact) mass is 328 g/mol. The maximum atomic E-state index is 13.4. The molecular formula is C15H18F2N2O4. The molecule has 1 aromatic carbocycles. The van der Waals surface area contributed by atoms with Crippen molar-refractivity contribution in [3.8, 4) is 0 Å².